The third-order valence-corrected chi connectivity index (χ3v) is 10.4. The van der Waals surface area contributed by atoms with E-state index in [-0.39, 0.29) is 29.6 Å². The second-order valence-corrected chi connectivity index (χ2v) is 12.4. The number of carbonyl (C=O) groups excluding carboxylic acids is 1. The van der Waals surface area contributed by atoms with E-state index in [9.17, 15) is 20.1 Å². The molecule has 4 aliphatic rings. The summed E-state index contributed by atoms with van der Waals surface area (Å²) in [7, 11) is 0. The minimum atomic E-state index is -1.16. The van der Waals surface area contributed by atoms with Crippen molar-refractivity contribution in [1.82, 2.24) is 0 Å². The summed E-state index contributed by atoms with van der Waals surface area (Å²) in [6.45, 7) is 10.7. The van der Waals surface area contributed by atoms with Gasteiger partial charge in [0.2, 0.25) is 0 Å². The molecular formula is C28H44O4. The van der Waals surface area contributed by atoms with Crippen LogP contribution in [0.4, 0.5) is 0 Å². The molecule has 0 bridgehead atoms. The van der Waals surface area contributed by atoms with Gasteiger partial charge in [0, 0.05) is 24.4 Å². The van der Waals surface area contributed by atoms with Gasteiger partial charge in [0.25, 0.3) is 0 Å². The highest BCUT2D eigenvalue weighted by atomic mass is 16.3. The van der Waals surface area contributed by atoms with E-state index in [0.29, 0.717) is 36.5 Å². The number of rotatable bonds is 5. The molecule has 32 heavy (non-hydrogen) atoms. The van der Waals surface area contributed by atoms with Crippen molar-refractivity contribution in [2.24, 2.45) is 46.3 Å². The van der Waals surface area contributed by atoms with E-state index in [1.54, 1.807) is 0 Å². The second-order valence-electron chi connectivity index (χ2n) is 12.4. The first-order valence-corrected chi connectivity index (χ1v) is 12.9. The number of hydrogen-bond acceptors (Lipinski definition) is 4. The first kappa shape index (κ1) is 24.2. The summed E-state index contributed by atoms with van der Waals surface area (Å²) >= 11 is 0. The van der Waals surface area contributed by atoms with Gasteiger partial charge in [-0.2, -0.15) is 0 Å². The van der Waals surface area contributed by atoms with Crippen LogP contribution < -0.4 is 0 Å². The van der Waals surface area contributed by atoms with E-state index < -0.39 is 17.1 Å². The zero-order valence-electron chi connectivity index (χ0n) is 20.7. The van der Waals surface area contributed by atoms with Crippen LogP contribution in [-0.2, 0) is 4.79 Å². The summed E-state index contributed by atoms with van der Waals surface area (Å²) in [6.07, 6.45) is 11.3. The molecule has 0 aliphatic heterocycles. The van der Waals surface area contributed by atoms with Crippen LogP contribution in [0, 0.1) is 46.3 Å². The number of hydrogen-bond donors (Lipinski definition) is 3. The summed E-state index contributed by atoms with van der Waals surface area (Å²) in [4.78, 5) is 12.1. The Kier molecular flexibility index (Phi) is 6.31. The average molecular weight is 445 g/mol. The van der Waals surface area contributed by atoms with Gasteiger partial charge >= 0.3 is 0 Å². The first-order chi connectivity index (χ1) is 15.0. The lowest BCUT2D eigenvalue weighted by Crippen LogP contribution is -2.56. The minimum Gasteiger partial charge on any atom is -0.396 e. The molecule has 0 aromatic heterocycles. The Hall–Kier alpha value is -0.970. The SMILES string of the molecule is CC(C)C(C)/C=C/C(C)(O)C1[C@@H](O)CC2C3CCC4=CC(=O)CC[C@]4(C)C3CC[C@@]21CO. The van der Waals surface area contributed by atoms with Gasteiger partial charge in [-0.25, -0.2) is 0 Å². The van der Waals surface area contributed by atoms with Gasteiger partial charge in [-0.1, -0.05) is 45.4 Å². The molecule has 4 aliphatic carbocycles. The van der Waals surface area contributed by atoms with E-state index in [1.165, 1.54) is 5.57 Å². The van der Waals surface area contributed by atoms with Gasteiger partial charge in [-0.05, 0) is 86.5 Å². The van der Waals surface area contributed by atoms with Crippen LogP contribution in [-0.4, -0.2) is 39.4 Å². The van der Waals surface area contributed by atoms with Crippen molar-refractivity contribution in [2.45, 2.75) is 91.3 Å². The zero-order valence-corrected chi connectivity index (χ0v) is 20.7. The smallest absolute Gasteiger partial charge is 0.155 e. The number of allylic oxidation sites excluding steroid dienone is 2. The van der Waals surface area contributed by atoms with Crippen LogP contribution in [0.2, 0.25) is 0 Å². The zero-order chi connectivity index (χ0) is 23.5. The molecule has 0 radical (unpaired) electrons. The molecule has 3 N–H and O–H groups in total. The van der Waals surface area contributed by atoms with E-state index in [2.05, 4.69) is 33.8 Å². The lowest BCUT2D eigenvalue weighted by Gasteiger charge is -2.59. The van der Waals surface area contributed by atoms with Crippen molar-refractivity contribution >= 4 is 5.78 Å². The molecule has 0 aromatic rings. The van der Waals surface area contributed by atoms with Crippen LogP contribution >= 0.6 is 0 Å². The number of ketones is 1. The Labute approximate surface area is 194 Å². The Morgan fingerprint density at radius 1 is 1.19 bits per heavy atom. The van der Waals surface area contributed by atoms with Gasteiger partial charge in [0.1, 0.15) is 0 Å². The molecule has 0 amide bonds. The van der Waals surface area contributed by atoms with Crippen LogP contribution in [0.3, 0.4) is 0 Å². The fraction of sp³-hybridized carbons (Fsp3) is 0.821. The van der Waals surface area contributed by atoms with Crippen molar-refractivity contribution in [2.75, 3.05) is 6.61 Å². The van der Waals surface area contributed by atoms with E-state index in [4.69, 9.17) is 0 Å². The largest absolute Gasteiger partial charge is 0.396 e. The third-order valence-electron chi connectivity index (χ3n) is 10.4. The van der Waals surface area contributed by atoms with Gasteiger partial charge in [0.15, 0.2) is 5.78 Å². The molecule has 0 spiro atoms. The highest BCUT2D eigenvalue weighted by Gasteiger charge is 2.65. The Bertz CT molecular complexity index is 795. The topological polar surface area (TPSA) is 77.8 Å². The number of fused-ring (bicyclic) bond motifs is 5. The van der Waals surface area contributed by atoms with Crippen LogP contribution in [0.15, 0.2) is 23.8 Å². The Balaban J connectivity index is 1.65. The molecular weight excluding hydrogens is 400 g/mol. The number of carbonyl (C=O) groups is 1. The molecule has 0 saturated heterocycles. The molecule has 3 fully saturated rings. The molecule has 180 valence electrons. The van der Waals surface area contributed by atoms with Crippen molar-refractivity contribution in [3.05, 3.63) is 23.8 Å². The summed E-state index contributed by atoms with van der Waals surface area (Å²) in [5.74, 6) is 1.87. The van der Waals surface area contributed by atoms with Gasteiger partial charge in [0.05, 0.1) is 11.7 Å². The van der Waals surface area contributed by atoms with Crippen molar-refractivity contribution in [3.63, 3.8) is 0 Å². The molecule has 4 heteroatoms. The molecule has 3 saturated carbocycles. The molecule has 9 atom stereocenters. The van der Waals surface area contributed by atoms with E-state index >= 15 is 0 Å². The van der Waals surface area contributed by atoms with E-state index in [0.717, 1.165) is 32.1 Å². The molecule has 6 unspecified atom stereocenters. The van der Waals surface area contributed by atoms with Crippen molar-refractivity contribution in [1.29, 1.82) is 0 Å². The van der Waals surface area contributed by atoms with E-state index in [1.807, 2.05) is 19.1 Å². The summed E-state index contributed by atoms with van der Waals surface area (Å²) < 4.78 is 0. The lowest BCUT2D eigenvalue weighted by molar-refractivity contribution is -0.132. The minimum absolute atomic E-state index is 0.0181. The van der Waals surface area contributed by atoms with Crippen molar-refractivity contribution < 1.29 is 20.1 Å². The third kappa shape index (κ3) is 3.65. The first-order valence-electron chi connectivity index (χ1n) is 12.9. The monoisotopic (exact) mass is 444 g/mol. The van der Waals surface area contributed by atoms with Crippen LogP contribution in [0.5, 0.6) is 0 Å². The summed E-state index contributed by atoms with van der Waals surface area (Å²) in [6, 6.07) is 0. The maximum Gasteiger partial charge on any atom is 0.155 e. The van der Waals surface area contributed by atoms with Crippen molar-refractivity contribution in [3.8, 4) is 0 Å². The highest BCUT2D eigenvalue weighted by molar-refractivity contribution is 5.91. The number of aliphatic hydroxyl groups excluding tert-OH is 2. The quantitative estimate of drug-likeness (QED) is 0.538. The standard InChI is InChI=1S/C28H44O4/c1-17(2)18(3)8-12-27(5,32)25-24(31)15-23-21-7-6-19-14-20(30)9-11-26(19,4)22(21)10-13-28(23,25)16-29/h8,12,14,17-18,21-25,29,31-32H,6-7,9-11,13,15-16H2,1-5H3/b12-8+/t18?,21?,22?,23?,24-,25?,26-,27?,28+/m0/s1. The summed E-state index contributed by atoms with van der Waals surface area (Å²) in [5, 5.41) is 33.7. The molecule has 0 aromatic carbocycles. The Morgan fingerprint density at radius 3 is 2.56 bits per heavy atom. The number of aliphatic hydroxyl groups is 3. The molecule has 0 heterocycles. The predicted octanol–water partition coefficient (Wildman–Crippen LogP) is 4.68. The van der Waals surface area contributed by atoms with Crippen LogP contribution in [0.1, 0.15) is 79.6 Å². The normalized spacial score (nSPS) is 44.6. The van der Waals surface area contributed by atoms with Crippen LogP contribution in [0.25, 0.3) is 0 Å². The van der Waals surface area contributed by atoms with Gasteiger partial charge < -0.3 is 15.3 Å². The maximum atomic E-state index is 12.1. The fourth-order valence-corrected chi connectivity index (χ4v) is 8.32. The highest BCUT2D eigenvalue weighted by Crippen LogP contribution is 2.67. The average Bonchev–Trinajstić information content (AvgIpc) is 3.05. The lowest BCUT2D eigenvalue weighted by atomic mass is 9.46. The Morgan fingerprint density at radius 2 is 1.91 bits per heavy atom. The second kappa shape index (κ2) is 8.36. The molecule has 4 rings (SSSR count). The van der Waals surface area contributed by atoms with Gasteiger partial charge in [-0.3, -0.25) is 4.79 Å². The van der Waals surface area contributed by atoms with Gasteiger partial charge in [-0.15, -0.1) is 0 Å². The summed E-state index contributed by atoms with van der Waals surface area (Å²) in [5.41, 5.74) is -0.207. The fourth-order valence-electron chi connectivity index (χ4n) is 8.32. The maximum absolute atomic E-state index is 12.1. The molecule has 4 nitrogen and oxygen atoms in total. The predicted molar refractivity (Wildman–Crippen MR) is 127 cm³/mol.